The largest absolute Gasteiger partial charge is 0.610 e. The van der Waals surface area contributed by atoms with Gasteiger partial charge in [0.15, 0.2) is 10.8 Å². The van der Waals surface area contributed by atoms with Crippen LogP contribution in [0.2, 0.25) is 0 Å². The van der Waals surface area contributed by atoms with Crippen LogP contribution in [-0.2, 0) is 17.6 Å². The zero-order valence-corrected chi connectivity index (χ0v) is 11.3. The van der Waals surface area contributed by atoms with Crippen LogP contribution in [0.25, 0.3) is 0 Å². The van der Waals surface area contributed by atoms with Gasteiger partial charge in [-0.05, 0) is 43.6 Å². The minimum atomic E-state index is -0.842. The van der Waals surface area contributed by atoms with Gasteiger partial charge >= 0.3 is 0 Å². The normalized spacial score (nSPS) is 18.5. The average molecular weight is 252 g/mol. The molecular weight excluding hydrogens is 232 g/mol. The molecule has 17 heavy (non-hydrogen) atoms. The van der Waals surface area contributed by atoms with Gasteiger partial charge in [0.1, 0.15) is 0 Å². The van der Waals surface area contributed by atoms with Gasteiger partial charge in [-0.15, -0.1) is 0 Å². The van der Waals surface area contributed by atoms with Crippen molar-refractivity contribution < 1.29 is 4.55 Å². The average Bonchev–Trinajstić information content (AvgIpc) is 2.61. The number of nitrogens with zero attached hydrogens (tertiary/aromatic N) is 1. The highest BCUT2D eigenvalue weighted by atomic mass is 32.2. The summed E-state index contributed by atoms with van der Waals surface area (Å²) in [7, 11) is 1.99. The maximum atomic E-state index is 11.9. The summed E-state index contributed by atoms with van der Waals surface area (Å²) in [6, 6.07) is 6.34. The molecule has 0 radical (unpaired) electrons. The van der Waals surface area contributed by atoms with Crippen LogP contribution in [0, 0.1) is 0 Å². The highest BCUT2D eigenvalue weighted by Gasteiger charge is 2.28. The SMILES string of the molecule is CCCNCCc1ccc2c(c1)[S+]([O-])CN2C. The van der Waals surface area contributed by atoms with Gasteiger partial charge in [-0.25, -0.2) is 0 Å². The minimum Gasteiger partial charge on any atom is -0.610 e. The molecule has 1 aromatic rings. The third-order valence-corrected chi connectivity index (χ3v) is 4.45. The lowest BCUT2D eigenvalue weighted by Gasteiger charge is -2.07. The van der Waals surface area contributed by atoms with Gasteiger partial charge in [0.2, 0.25) is 0 Å². The topological polar surface area (TPSA) is 38.3 Å². The van der Waals surface area contributed by atoms with E-state index >= 15 is 0 Å². The van der Waals surface area contributed by atoms with E-state index in [1.54, 1.807) is 0 Å². The van der Waals surface area contributed by atoms with Crippen LogP contribution >= 0.6 is 0 Å². The Morgan fingerprint density at radius 2 is 2.24 bits per heavy atom. The lowest BCUT2D eigenvalue weighted by atomic mass is 10.1. The number of anilines is 1. The third kappa shape index (κ3) is 2.94. The van der Waals surface area contributed by atoms with Crippen molar-refractivity contribution >= 4 is 16.9 Å². The van der Waals surface area contributed by atoms with Gasteiger partial charge in [-0.1, -0.05) is 13.0 Å². The fourth-order valence-corrected chi connectivity index (χ4v) is 3.43. The first-order chi connectivity index (χ1) is 8.22. The van der Waals surface area contributed by atoms with E-state index in [1.165, 1.54) is 12.0 Å². The maximum absolute atomic E-state index is 11.9. The Kier molecular flexibility index (Phi) is 4.31. The molecule has 94 valence electrons. The molecule has 4 heteroatoms. The Hall–Kier alpha value is -0.710. The van der Waals surface area contributed by atoms with Crippen molar-refractivity contribution in [2.45, 2.75) is 24.7 Å². The van der Waals surface area contributed by atoms with Gasteiger partial charge < -0.3 is 14.8 Å². The van der Waals surface area contributed by atoms with E-state index in [1.807, 2.05) is 7.05 Å². The molecule has 1 unspecified atom stereocenters. The second-order valence-corrected chi connectivity index (χ2v) is 5.86. The summed E-state index contributed by atoms with van der Waals surface area (Å²) in [4.78, 5) is 3.06. The quantitative estimate of drug-likeness (QED) is 0.641. The van der Waals surface area contributed by atoms with Crippen molar-refractivity contribution in [3.8, 4) is 0 Å². The molecule has 0 spiro atoms. The minimum absolute atomic E-state index is 0.632. The second kappa shape index (κ2) is 5.76. The summed E-state index contributed by atoms with van der Waals surface area (Å²) >= 11 is -0.842. The van der Waals surface area contributed by atoms with Gasteiger partial charge in [0.25, 0.3) is 0 Å². The van der Waals surface area contributed by atoms with Gasteiger partial charge in [0.05, 0.1) is 5.69 Å². The number of benzene rings is 1. The van der Waals surface area contributed by atoms with Crippen molar-refractivity contribution in [3.05, 3.63) is 23.8 Å². The van der Waals surface area contributed by atoms with E-state index in [4.69, 9.17) is 0 Å². The first-order valence-corrected chi connectivity index (χ1v) is 7.47. The molecule has 1 atom stereocenters. The van der Waals surface area contributed by atoms with Crippen LogP contribution in [0.15, 0.2) is 23.1 Å². The summed E-state index contributed by atoms with van der Waals surface area (Å²) in [5, 5.41) is 3.38. The molecule has 1 aromatic carbocycles. The molecular formula is C13H20N2OS. The standard InChI is InChI=1S/C13H20N2OS/c1-3-7-14-8-6-11-4-5-12-13(9-11)17(16)10-15(12)2/h4-5,9,14H,3,6-8,10H2,1-2H3. The fraction of sp³-hybridized carbons (Fsp3) is 0.538. The van der Waals surface area contributed by atoms with Crippen LogP contribution in [-0.4, -0.2) is 30.6 Å². The molecule has 3 nitrogen and oxygen atoms in total. The lowest BCUT2D eigenvalue weighted by molar-refractivity contribution is 0.598. The van der Waals surface area contributed by atoms with E-state index in [9.17, 15) is 4.55 Å². The predicted octanol–water partition coefficient (Wildman–Crippen LogP) is 1.74. The van der Waals surface area contributed by atoms with E-state index in [0.29, 0.717) is 5.88 Å². The molecule has 0 aromatic heterocycles. The number of rotatable bonds is 5. The van der Waals surface area contributed by atoms with E-state index in [-0.39, 0.29) is 0 Å². The summed E-state index contributed by atoms with van der Waals surface area (Å²) < 4.78 is 11.9. The van der Waals surface area contributed by atoms with E-state index in [0.717, 1.165) is 30.1 Å². The number of hydrogen-bond donors (Lipinski definition) is 1. The first-order valence-electron chi connectivity index (χ1n) is 6.15. The lowest BCUT2D eigenvalue weighted by Crippen LogP contribution is -2.17. The summed E-state index contributed by atoms with van der Waals surface area (Å²) in [5.41, 5.74) is 2.39. The molecule has 1 N–H and O–H groups in total. The molecule has 0 bridgehead atoms. The zero-order chi connectivity index (χ0) is 12.3. The number of nitrogens with one attached hydrogen (secondary N) is 1. The van der Waals surface area contributed by atoms with Gasteiger partial charge in [-0.2, -0.15) is 0 Å². The van der Waals surface area contributed by atoms with Crippen LogP contribution in [0.3, 0.4) is 0 Å². The Bertz CT molecular complexity index is 384. The highest BCUT2D eigenvalue weighted by Crippen LogP contribution is 2.33. The van der Waals surface area contributed by atoms with Crippen molar-refractivity contribution in [3.63, 3.8) is 0 Å². The van der Waals surface area contributed by atoms with E-state index < -0.39 is 11.2 Å². The van der Waals surface area contributed by atoms with Crippen LogP contribution in [0.1, 0.15) is 18.9 Å². The third-order valence-electron chi connectivity index (χ3n) is 3.01. The van der Waals surface area contributed by atoms with Crippen molar-refractivity contribution in [1.29, 1.82) is 0 Å². The first kappa shape index (κ1) is 12.7. The summed E-state index contributed by atoms with van der Waals surface area (Å²) in [5.74, 6) is 0.632. The molecule has 1 aliphatic rings. The van der Waals surface area contributed by atoms with E-state index in [2.05, 4.69) is 35.3 Å². The summed E-state index contributed by atoms with van der Waals surface area (Å²) in [6.07, 6.45) is 2.17. The Morgan fingerprint density at radius 3 is 3.00 bits per heavy atom. The Labute approximate surface area is 106 Å². The Morgan fingerprint density at radius 1 is 1.41 bits per heavy atom. The molecule has 1 heterocycles. The van der Waals surface area contributed by atoms with Crippen molar-refractivity contribution in [1.82, 2.24) is 5.32 Å². The van der Waals surface area contributed by atoms with Crippen LogP contribution in [0.4, 0.5) is 5.69 Å². The smallest absolute Gasteiger partial charge is 0.183 e. The van der Waals surface area contributed by atoms with Crippen molar-refractivity contribution in [2.75, 3.05) is 30.9 Å². The summed E-state index contributed by atoms with van der Waals surface area (Å²) in [6.45, 7) is 4.23. The molecule has 1 aliphatic heterocycles. The highest BCUT2D eigenvalue weighted by molar-refractivity contribution is 7.92. The van der Waals surface area contributed by atoms with Crippen LogP contribution < -0.4 is 10.2 Å². The maximum Gasteiger partial charge on any atom is 0.183 e. The molecule has 0 saturated carbocycles. The number of hydrogen-bond acceptors (Lipinski definition) is 3. The zero-order valence-electron chi connectivity index (χ0n) is 10.5. The Balaban J connectivity index is 1.99. The van der Waals surface area contributed by atoms with Crippen LogP contribution in [0.5, 0.6) is 0 Å². The number of fused-ring (bicyclic) bond motifs is 1. The van der Waals surface area contributed by atoms with Crippen molar-refractivity contribution in [2.24, 2.45) is 0 Å². The van der Waals surface area contributed by atoms with Gasteiger partial charge in [-0.3, -0.25) is 0 Å². The molecule has 0 amide bonds. The fourth-order valence-electron chi connectivity index (χ4n) is 2.06. The molecule has 0 aliphatic carbocycles. The molecule has 0 saturated heterocycles. The monoisotopic (exact) mass is 252 g/mol. The predicted molar refractivity (Wildman–Crippen MR) is 73.0 cm³/mol. The molecule has 2 rings (SSSR count). The second-order valence-electron chi connectivity index (χ2n) is 4.47. The van der Waals surface area contributed by atoms with Gasteiger partial charge in [0, 0.05) is 18.2 Å². The molecule has 0 fully saturated rings.